The molecule has 1 aromatic rings. The normalized spacial score (nSPS) is 14.9. The van der Waals surface area contributed by atoms with Crippen LogP contribution in [0.25, 0.3) is 0 Å². The van der Waals surface area contributed by atoms with E-state index in [0.29, 0.717) is 17.9 Å². The molecule has 0 aliphatic rings. The second-order valence-electron chi connectivity index (χ2n) is 5.61. The van der Waals surface area contributed by atoms with Gasteiger partial charge in [-0.15, -0.1) is 0 Å². The summed E-state index contributed by atoms with van der Waals surface area (Å²) in [5.41, 5.74) is 1.30. The average molecular weight is 249 g/mol. The predicted molar refractivity (Wildman–Crippen MR) is 78.0 cm³/mol. The van der Waals surface area contributed by atoms with Gasteiger partial charge in [-0.05, 0) is 50.4 Å². The Balaban J connectivity index is 2.92. The summed E-state index contributed by atoms with van der Waals surface area (Å²) in [7, 11) is 2.03. The Kier molecular flexibility index (Phi) is 5.67. The maximum absolute atomic E-state index is 5.76. The zero-order chi connectivity index (χ0) is 13.7. The van der Waals surface area contributed by atoms with Crippen molar-refractivity contribution in [2.24, 2.45) is 11.8 Å². The molecule has 0 amide bonds. The molecule has 102 valence electrons. The topological polar surface area (TPSA) is 21.3 Å². The van der Waals surface area contributed by atoms with Gasteiger partial charge in [-0.25, -0.2) is 0 Å². The predicted octanol–water partition coefficient (Wildman–Crippen LogP) is 4.03. The monoisotopic (exact) mass is 249 g/mol. The molecule has 18 heavy (non-hydrogen) atoms. The van der Waals surface area contributed by atoms with Gasteiger partial charge in [0.1, 0.15) is 5.75 Å². The Labute approximate surface area is 112 Å². The van der Waals surface area contributed by atoms with Crippen molar-refractivity contribution in [1.82, 2.24) is 5.32 Å². The van der Waals surface area contributed by atoms with E-state index in [1.54, 1.807) is 0 Å². The molecule has 2 atom stereocenters. The fourth-order valence-corrected chi connectivity index (χ4v) is 2.17. The van der Waals surface area contributed by atoms with Crippen LogP contribution in [0.4, 0.5) is 0 Å². The lowest BCUT2D eigenvalue weighted by Crippen LogP contribution is -2.26. The highest BCUT2D eigenvalue weighted by atomic mass is 16.5. The van der Waals surface area contributed by atoms with Gasteiger partial charge >= 0.3 is 0 Å². The fraction of sp³-hybridized carbons (Fsp3) is 0.625. The van der Waals surface area contributed by atoms with E-state index in [0.717, 1.165) is 5.75 Å². The highest BCUT2D eigenvalue weighted by Crippen LogP contribution is 2.29. The third kappa shape index (κ3) is 4.02. The second kappa shape index (κ2) is 6.79. The Morgan fingerprint density at radius 2 is 1.72 bits per heavy atom. The zero-order valence-electron chi connectivity index (χ0n) is 12.5. The number of nitrogens with one attached hydrogen (secondary N) is 1. The van der Waals surface area contributed by atoms with E-state index in [1.165, 1.54) is 5.56 Å². The molecule has 1 N–H and O–H groups in total. The van der Waals surface area contributed by atoms with Crippen LogP contribution >= 0.6 is 0 Å². The van der Waals surface area contributed by atoms with Gasteiger partial charge in [-0.2, -0.15) is 0 Å². The Hall–Kier alpha value is -1.02. The summed E-state index contributed by atoms with van der Waals surface area (Å²) in [6.45, 7) is 10.9. The quantitative estimate of drug-likeness (QED) is 0.822. The van der Waals surface area contributed by atoms with Gasteiger partial charge in [-0.3, -0.25) is 0 Å². The van der Waals surface area contributed by atoms with Crippen molar-refractivity contribution in [3.8, 4) is 5.75 Å². The number of ether oxygens (including phenoxy) is 1. The van der Waals surface area contributed by atoms with Crippen LogP contribution in [0, 0.1) is 11.8 Å². The molecule has 2 unspecified atom stereocenters. The molecule has 0 saturated carbocycles. The number of hydrogen-bond acceptors (Lipinski definition) is 2. The molecule has 0 spiro atoms. The van der Waals surface area contributed by atoms with Crippen LogP contribution in [0.5, 0.6) is 5.75 Å². The number of rotatable bonds is 6. The molecule has 0 fully saturated rings. The first-order chi connectivity index (χ1) is 8.45. The van der Waals surface area contributed by atoms with Gasteiger partial charge < -0.3 is 10.1 Å². The van der Waals surface area contributed by atoms with E-state index >= 15 is 0 Å². The van der Waals surface area contributed by atoms with Gasteiger partial charge in [0, 0.05) is 6.04 Å². The maximum atomic E-state index is 5.76. The molecule has 1 rings (SSSR count). The number of hydrogen-bond donors (Lipinski definition) is 1. The number of benzene rings is 1. The summed E-state index contributed by atoms with van der Waals surface area (Å²) >= 11 is 0. The van der Waals surface area contributed by atoms with Gasteiger partial charge in [0.05, 0.1) is 6.10 Å². The minimum Gasteiger partial charge on any atom is -0.491 e. The van der Waals surface area contributed by atoms with E-state index in [9.17, 15) is 0 Å². The van der Waals surface area contributed by atoms with Gasteiger partial charge in [0.2, 0.25) is 0 Å². The Morgan fingerprint density at radius 1 is 1.06 bits per heavy atom. The summed E-state index contributed by atoms with van der Waals surface area (Å²) in [6.07, 6.45) is 0.218. The minimum atomic E-state index is 0.218. The van der Waals surface area contributed by atoms with Crippen LogP contribution in [-0.2, 0) is 0 Å². The first-order valence-corrected chi connectivity index (χ1v) is 6.89. The molecule has 0 heterocycles. The van der Waals surface area contributed by atoms with Crippen molar-refractivity contribution >= 4 is 0 Å². The molecule has 0 aliphatic heterocycles. The lowest BCUT2D eigenvalue weighted by molar-refractivity contribution is 0.241. The van der Waals surface area contributed by atoms with Crippen LogP contribution in [0.2, 0.25) is 0 Å². The Bertz CT molecular complexity index is 360. The zero-order valence-corrected chi connectivity index (χ0v) is 12.5. The summed E-state index contributed by atoms with van der Waals surface area (Å²) in [6, 6.07) is 8.80. The average Bonchev–Trinajstić information content (AvgIpc) is 2.29. The van der Waals surface area contributed by atoms with E-state index in [4.69, 9.17) is 4.74 Å². The lowest BCUT2D eigenvalue weighted by Gasteiger charge is -2.27. The molecule has 2 heteroatoms. The smallest absolute Gasteiger partial charge is 0.120 e. The standard InChI is InChI=1S/C16H27NO/c1-11(2)13(5)16(17-6)14-8-7-9-15(10-14)18-12(3)4/h7-13,16-17H,1-6H3. The molecular formula is C16H27NO. The maximum Gasteiger partial charge on any atom is 0.120 e. The first kappa shape index (κ1) is 15.0. The molecule has 0 saturated heterocycles. The van der Waals surface area contributed by atoms with Crippen molar-refractivity contribution in [2.45, 2.75) is 46.8 Å². The molecule has 0 aliphatic carbocycles. The van der Waals surface area contributed by atoms with Crippen LogP contribution < -0.4 is 10.1 Å². The summed E-state index contributed by atoms with van der Waals surface area (Å²) in [4.78, 5) is 0. The third-order valence-corrected chi connectivity index (χ3v) is 3.48. The van der Waals surface area contributed by atoms with Crippen LogP contribution in [0.1, 0.15) is 46.2 Å². The fourth-order valence-electron chi connectivity index (χ4n) is 2.17. The molecule has 0 bridgehead atoms. The summed E-state index contributed by atoms with van der Waals surface area (Å²) in [5, 5.41) is 3.42. The molecule has 2 nitrogen and oxygen atoms in total. The van der Waals surface area contributed by atoms with E-state index < -0.39 is 0 Å². The first-order valence-electron chi connectivity index (χ1n) is 6.89. The van der Waals surface area contributed by atoms with E-state index in [2.05, 4.69) is 58.1 Å². The summed E-state index contributed by atoms with van der Waals surface area (Å²) in [5.74, 6) is 2.19. The molecule has 0 aromatic heterocycles. The minimum absolute atomic E-state index is 0.218. The Morgan fingerprint density at radius 3 is 2.22 bits per heavy atom. The lowest BCUT2D eigenvalue weighted by atomic mass is 9.86. The van der Waals surface area contributed by atoms with Crippen LogP contribution in [-0.4, -0.2) is 13.2 Å². The van der Waals surface area contributed by atoms with Crippen molar-refractivity contribution in [1.29, 1.82) is 0 Å². The highest BCUT2D eigenvalue weighted by molar-refractivity contribution is 5.31. The summed E-state index contributed by atoms with van der Waals surface area (Å²) < 4.78 is 5.76. The second-order valence-corrected chi connectivity index (χ2v) is 5.61. The van der Waals surface area contributed by atoms with Crippen molar-refractivity contribution in [2.75, 3.05) is 7.05 Å². The van der Waals surface area contributed by atoms with E-state index in [1.807, 2.05) is 13.1 Å². The van der Waals surface area contributed by atoms with Crippen LogP contribution in [0.3, 0.4) is 0 Å². The van der Waals surface area contributed by atoms with Crippen molar-refractivity contribution < 1.29 is 4.74 Å². The van der Waals surface area contributed by atoms with Crippen LogP contribution in [0.15, 0.2) is 24.3 Å². The highest BCUT2D eigenvalue weighted by Gasteiger charge is 2.20. The van der Waals surface area contributed by atoms with Gasteiger partial charge in [-0.1, -0.05) is 32.9 Å². The molecular weight excluding hydrogens is 222 g/mol. The van der Waals surface area contributed by atoms with Gasteiger partial charge in [0.15, 0.2) is 0 Å². The molecule has 1 aromatic carbocycles. The third-order valence-electron chi connectivity index (χ3n) is 3.48. The largest absolute Gasteiger partial charge is 0.491 e. The van der Waals surface area contributed by atoms with Crippen molar-refractivity contribution in [3.63, 3.8) is 0 Å². The van der Waals surface area contributed by atoms with E-state index in [-0.39, 0.29) is 6.10 Å². The SMILES string of the molecule is CNC(c1cccc(OC(C)C)c1)C(C)C(C)C. The van der Waals surface area contributed by atoms with Gasteiger partial charge in [0.25, 0.3) is 0 Å². The molecule has 0 radical (unpaired) electrons. The van der Waals surface area contributed by atoms with Crippen molar-refractivity contribution in [3.05, 3.63) is 29.8 Å².